The molecule has 4 heterocycles. The van der Waals surface area contributed by atoms with Gasteiger partial charge in [-0.25, -0.2) is 15.0 Å². The smallest absolute Gasteiger partial charge is 0.225 e. The Hall–Kier alpha value is -2.21. The van der Waals surface area contributed by atoms with Crippen LogP contribution in [-0.4, -0.2) is 54.3 Å². The van der Waals surface area contributed by atoms with Gasteiger partial charge in [-0.15, -0.1) is 0 Å². The van der Waals surface area contributed by atoms with E-state index in [-0.39, 0.29) is 5.41 Å². The molecule has 2 fully saturated rings. The molecule has 2 aromatic heterocycles. The monoisotopic (exact) mass is 311 g/mol. The van der Waals surface area contributed by atoms with Gasteiger partial charge in [0.2, 0.25) is 5.95 Å². The Labute approximate surface area is 136 Å². The van der Waals surface area contributed by atoms with Crippen molar-refractivity contribution in [3.05, 3.63) is 42.9 Å². The highest BCUT2D eigenvalue weighted by atomic mass is 16.5. The molecular weight excluding hydrogens is 290 g/mol. The van der Waals surface area contributed by atoms with Crippen LogP contribution in [0.3, 0.4) is 0 Å². The summed E-state index contributed by atoms with van der Waals surface area (Å²) in [5.74, 6) is 1.85. The first-order valence-electron chi connectivity index (χ1n) is 8.10. The quantitative estimate of drug-likeness (QED) is 0.840. The molecule has 0 bridgehead atoms. The van der Waals surface area contributed by atoms with Crippen LogP contribution in [0.25, 0.3) is 0 Å². The molecule has 120 valence electrons. The van der Waals surface area contributed by atoms with Gasteiger partial charge in [0, 0.05) is 50.2 Å². The van der Waals surface area contributed by atoms with Gasteiger partial charge in [0.05, 0.1) is 13.2 Å². The average molecular weight is 311 g/mol. The SMILES string of the molecule is c1ccc(N2CC[C@]3(COCCN(c4ncccn4)C3)C2)nc1. The van der Waals surface area contributed by atoms with Gasteiger partial charge in [-0.05, 0) is 24.6 Å². The predicted octanol–water partition coefficient (Wildman–Crippen LogP) is 1.60. The summed E-state index contributed by atoms with van der Waals surface area (Å²) in [7, 11) is 0. The lowest BCUT2D eigenvalue weighted by Gasteiger charge is -2.31. The van der Waals surface area contributed by atoms with Gasteiger partial charge in [-0.3, -0.25) is 0 Å². The number of aromatic nitrogens is 3. The van der Waals surface area contributed by atoms with Crippen LogP contribution in [0.4, 0.5) is 11.8 Å². The molecule has 6 heteroatoms. The largest absolute Gasteiger partial charge is 0.379 e. The van der Waals surface area contributed by atoms with Gasteiger partial charge in [0.25, 0.3) is 0 Å². The highest BCUT2D eigenvalue weighted by Gasteiger charge is 2.42. The van der Waals surface area contributed by atoms with E-state index >= 15 is 0 Å². The Bertz CT molecular complexity index is 638. The molecule has 2 aliphatic rings. The lowest BCUT2D eigenvalue weighted by Crippen LogP contribution is -2.41. The molecule has 1 atom stereocenters. The number of hydrogen-bond donors (Lipinski definition) is 0. The molecule has 0 aromatic carbocycles. The van der Waals surface area contributed by atoms with Gasteiger partial charge in [-0.2, -0.15) is 0 Å². The molecule has 2 saturated heterocycles. The van der Waals surface area contributed by atoms with E-state index in [1.807, 2.05) is 24.4 Å². The molecule has 0 amide bonds. The molecule has 0 radical (unpaired) electrons. The van der Waals surface area contributed by atoms with E-state index in [9.17, 15) is 0 Å². The molecule has 2 aromatic rings. The highest BCUT2D eigenvalue weighted by Crippen LogP contribution is 2.35. The molecule has 1 spiro atoms. The summed E-state index contributed by atoms with van der Waals surface area (Å²) in [6.07, 6.45) is 6.56. The van der Waals surface area contributed by atoms with Crippen molar-refractivity contribution >= 4 is 11.8 Å². The van der Waals surface area contributed by atoms with Gasteiger partial charge in [0.1, 0.15) is 5.82 Å². The van der Waals surface area contributed by atoms with Crippen molar-refractivity contribution in [3.8, 4) is 0 Å². The second-order valence-electron chi connectivity index (χ2n) is 6.38. The molecule has 0 N–H and O–H groups in total. The van der Waals surface area contributed by atoms with Crippen molar-refractivity contribution < 1.29 is 4.74 Å². The van der Waals surface area contributed by atoms with Gasteiger partial charge in [-0.1, -0.05) is 6.07 Å². The Morgan fingerprint density at radius 3 is 2.57 bits per heavy atom. The Morgan fingerprint density at radius 2 is 1.74 bits per heavy atom. The zero-order valence-corrected chi connectivity index (χ0v) is 13.1. The molecule has 4 rings (SSSR count). The molecule has 0 saturated carbocycles. The van der Waals surface area contributed by atoms with Crippen LogP contribution in [0.1, 0.15) is 6.42 Å². The third kappa shape index (κ3) is 2.99. The van der Waals surface area contributed by atoms with Gasteiger partial charge in [0.15, 0.2) is 0 Å². The van der Waals surface area contributed by atoms with E-state index in [0.29, 0.717) is 0 Å². The van der Waals surface area contributed by atoms with Crippen molar-refractivity contribution in [3.63, 3.8) is 0 Å². The lowest BCUT2D eigenvalue weighted by atomic mass is 9.87. The summed E-state index contributed by atoms with van der Waals surface area (Å²) in [4.78, 5) is 17.9. The molecule has 6 nitrogen and oxygen atoms in total. The first-order chi connectivity index (χ1) is 11.3. The molecule has 0 unspecified atom stereocenters. The summed E-state index contributed by atoms with van der Waals surface area (Å²) in [5.41, 5.74) is 0.118. The highest BCUT2D eigenvalue weighted by molar-refractivity contribution is 5.41. The maximum Gasteiger partial charge on any atom is 0.225 e. The topological polar surface area (TPSA) is 54.4 Å². The predicted molar refractivity (Wildman–Crippen MR) is 88.6 cm³/mol. The minimum Gasteiger partial charge on any atom is -0.379 e. The van der Waals surface area contributed by atoms with Crippen LogP contribution >= 0.6 is 0 Å². The number of ether oxygens (including phenoxy) is 1. The van der Waals surface area contributed by atoms with Crippen LogP contribution in [-0.2, 0) is 4.74 Å². The van der Waals surface area contributed by atoms with Crippen LogP contribution < -0.4 is 9.80 Å². The van der Waals surface area contributed by atoms with E-state index < -0.39 is 0 Å². The minimum absolute atomic E-state index is 0.118. The Kier molecular flexibility index (Phi) is 3.83. The number of rotatable bonds is 2. The molecule has 2 aliphatic heterocycles. The summed E-state index contributed by atoms with van der Waals surface area (Å²) in [6.45, 7) is 5.27. The molecular formula is C17H21N5O. The van der Waals surface area contributed by atoms with Crippen LogP contribution in [0.5, 0.6) is 0 Å². The van der Waals surface area contributed by atoms with E-state index in [2.05, 4.69) is 30.8 Å². The van der Waals surface area contributed by atoms with Crippen molar-refractivity contribution in [2.75, 3.05) is 49.2 Å². The zero-order chi connectivity index (χ0) is 15.5. The second-order valence-corrected chi connectivity index (χ2v) is 6.38. The van der Waals surface area contributed by atoms with E-state index in [1.165, 1.54) is 0 Å². The number of pyridine rings is 1. The van der Waals surface area contributed by atoms with Crippen molar-refractivity contribution in [2.24, 2.45) is 5.41 Å². The number of anilines is 2. The maximum absolute atomic E-state index is 5.92. The van der Waals surface area contributed by atoms with Crippen molar-refractivity contribution in [2.45, 2.75) is 6.42 Å². The van der Waals surface area contributed by atoms with E-state index in [0.717, 1.165) is 57.6 Å². The van der Waals surface area contributed by atoms with Crippen LogP contribution in [0, 0.1) is 5.41 Å². The summed E-state index contributed by atoms with van der Waals surface area (Å²) in [5, 5.41) is 0. The van der Waals surface area contributed by atoms with Crippen LogP contribution in [0.15, 0.2) is 42.9 Å². The van der Waals surface area contributed by atoms with Gasteiger partial charge < -0.3 is 14.5 Å². The number of nitrogens with zero attached hydrogens (tertiary/aromatic N) is 5. The molecule has 23 heavy (non-hydrogen) atoms. The fourth-order valence-corrected chi connectivity index (χ4v) is 3.54. The maximum atomic E-state index is 5.92. The van der Waals surface area contributed by atoms with E-state index in [1.54, 1.807) is 12.4 Å². The third-order valence-corrected chi connectivity index (χ3v) is 4.69. The fraction of sp³-hybridized carbons (Fsp3) is 0.471. The summed E-state index contributed by atoms with van der Waals surface area (Å²) < 4.78 is 5.92. The minimum atomic E-state index is 0.118. The lowest BCUT2D eigenvalue weighted by molar-refractivity contribution is 0.0812. The fourth-order valence-electron chi connectivity index (χ4n) is 3.54. The van der Waals surface area contributed by atoms with Crippen LogP contribution in [0.2, 0.25) is 0 Å². The third-order valence-electron chi connectivity index (χ3n) is 4.69. The van der Waals surface area contributed by atoms with Crippen molar-refractivity contribution in [1.29, 1.82) is 0 Å². The van der Waals surface area contributed by atoms with Crippen molar-refractivity contribution in [1.82, 2.24) is 15.0 Å². The Morgan fingerprint density at radius 1 is 0.913 bits per heavy atom. The number of hydrogen-bond acceptors (Lipinski definition) is 6. The standard InChI is InChI=1S/C17H21N5O/c1-2-6-18-15(4-1)21-9-5-17(12-21)13-22(10-11-23-14-17)16-19-7-3-8-20-16/h1-4,6-8H,5,9-14H2/t17-/m0/s1. The van der Waals surface area contributed by atoms with Gasteiger partial charge >= 0.3 is 0 Å². The normalized spacial score (nSPS) is 24.9. The summed E-state index contributed by atoms with van der Waals surface area (Å²) >= 11 is 0. The summed E-state index contributed by atoms with van der Waals surface area (Å²) in [6, 6.07) is 7.93. The average Bonchev–Trinajstić information content (AvgIpc) is 2.91. The molecule has 0 aliphatic carbocycles. The van der Waals surface area contributed by atoms with E-state index in [4.69, 9.17) is 4.74 Å². The Balaban J connectivity index is 1.53. The first kappa shape index (κ1) is 14.4. The zero-order valence-electron chi connectivity index (χ0n) is 13.1. The second kappa shape index (κ2) is 6.12. The first-order valence-corrected chi connectivity index (χ1v) is 8.10.